The lowest BCUT2D eigenvalue weighted by Gasteiger charge is -2.20. The van der Waals surface area contributed by atoms with E-state index < -0.39 is 11.7 Å². The highest BCUT2D eigenvalue weighted by Gasteiger charge is 2.30. The van der Waals surface area contributed by atoms with Gasteiger partial charge in [0.1, 0.15) is 0 Å². The van der Waals surface area contributed by atoms with Crippen molar-refractivity contribution < 1.29 is 13.2 Å². The van der Waals surface area contributed by atoms with Crippen molar-refractivity contribution in [3.8, 4) is 0 Å². The number of benzene rings is 1. The summed E-state index contributed by atoms with van der Waals surface area (Å²) < 4.78 is 37.2. The Bertz CT molecular complexity index is 341. The minimum absolute atomic E-state index is 0.109. The van der Waals surface area contributed by atoms with E-state index >= 15 is 0 Å². The molecule has 0 aliphatic rings. The molecular formula is C13H18F3N. The van der Waals surface area contributed by atoms with Crippen LogP contribution in [0.25, 0.3) is 0 Å². The van der Waals surface area contributed by atoms with Gasteiger partial charge in [0.2, 0.25) is 0 Å². The van der Waals surface area contributed by atoms with Crippen molar-refractivity contribution in [2.75, 3.05) is 0 Å². The summed E-state index contributed by atoms with van der Waals surface area (Å²) in [5, 5.41) is 3.32. The molecule has 1 unspecified atom stereocenters. The van der Waals surface area contributed by atoms with Gasteiger partial charge in [-0.2, -0.15) is 13.2 Å². The standard InChI is InChI=1S/C13H18F3N/c1-4-12(17-9(2)3)10-5-7-11(8-6-10)13(14,15)16/h5-9,12,17H,4H2,1-3H3. The second kappa shape index (κ2) is 5.54. The maximum Gasteiger partial charge on any atom is 0.416 e. The predicted molar refractivity (Wildman–Crippen MR) is 62.7 cm³/mol. The van der Waals surface area contributed by atoms with E-state index in [9.17, 15) is 13.2 Å². The Kier molecular flexibility index (Phi) is 4.57. The quantitative estimate of drug-likeness (QED) is 0.840. The van der Waals surface area contributed by atoms with Crippen molar-refractivity contribution in [2.24, 2.45) is 0 Å². The molecule has 17 heavy (non-hydrogen) atoms. The zero-order valence-corrected chi connectivity index (χ0v) is 10.3. The molecule has 0 bridgehead atoms. The van der Waals surface area contributed by atoms with Crippen molar-refractivity contribution in [2.45, 2.75) is 45.5 Å². The van der Waals surface area contributed by atoms with Crippen molar-refractivity contribution in [1.29, 1.82) is 0 Å². The Morgan fingerprint density at radius 3 is 2.00 bits per heavy atom. The van der Waals surface area contributed by atoms with E-state index in [1.54, 1.807) is 12.1 Å². The highest BCUT2D eigenvalue weighted by Crippen LogP contribution is 2.30. The summed E-state index contributed by atoms with van der Waals surface area (Å²) in [6, 6.07) is 5.79. The van der Waals surface area contributed by atoms with E-state index in [1.807, 2.05) is 20.8 Å². The number of rotatable bonds is 4. The Balaban J connectivity index is 2.85. The molecule has 0 aromatic heterocycles. The average molecular weight is 245 g/mol. The first-order valence-electron chi connectivity index (χ1n) is 5.77. The second-order valence-electron chi connectivity index (χ2n) is 4.40. The van der Waals surface area contributed by atoms with Crippen LogP contribution in [0, 0.1) is 0 Å². The molecule has 1 atom stereocenters. The van der Waals surface area contributed by atoms with Crippen molar-refractivity contribution >= 4 is 0 Å². The number of halogens is 3. The smallest absolute Gasteiger partial charge is 0.308 e. The summed E-state index contributed by atoms with van der Waals surface area (Å²) >= 11 is 0. The number of hydrogen-bond acceptors (Lipinski definition) is 1. The summed E-state index contributed by atoms with van der Waals surface area (Å²) in [4.78, 5) is 0. The van der Waals surface area contributed by atoms with Crippen LogP contribution in [0.3, 0.4) is 0 Å². The van der Waals surface area contributed by atoms with E-state index in [2.05, 4.69) is 5.32 Å². The first-order valence-corrected chi connectivity index (χ1v) is 5.77. The summed E-state index contributed by atoms with van der Waals surface area (Å²) in [6.07, 6.45) is -3.41. The molecule has 1 nitrogen and oxygen atoms in total. The summed E-state index contributed by atoms with van der Waals surface area (Å²) in [6.45, 7) is 6.05. The zero-order valence-electron chi connectivity index (χ0n) is 10.3. The highest BCUT2D eigenvalue weighted by atomic mass is 19.4. The summed E-state index contributed by atoms with van der Waals surface area (Å²) in [5.74, 6) is 0. The largest absolute Gasteiger partial charge is 0.416 e. The van der Waals surface area contributed by atoms with Gasteiger partial charge in [-0.25, -0.2) is 0 Å². The van der Waals surface area contributed by atoms with Crippen LogP contribution in [0.15, 0.2) is 24.3 Å². The first-order chi connectivity index (χ1) is 7.84. The van der Waals surface area contributed by atoms with Gasteiger partial charge in [0.25, 0.3) is 0 Å². The molecule has 0 saturated carbocycles. The molecule has 0 amide bonds. The normalized spacial score (nSPS) is 14.1. The van der Waals surface area contributed by atoms with Gasteiger partial charge in [-0.3, -0.25) is 0 Å². The SMILES string of the molecule is CCC(NC(C)C)c1ccc(C(F)(F)F)cc1. The van der Waals surface area contributed by atoms with Crippen molar-refractivity contribution in [3.05, 3.63) is 35.4 Å². The number of nitrogens with one attached hydrogen (secondary N) is 1. The van der Waals surface area contributed by atoms with Crippen LogP contribution in [-0.2, 0) is 6.18 Å². The molecule has 0 spiro atoms. The molecule has 96 valence electrons. The fourth-order valence-electron chi connectivity index (χ4n) is 1.76. The third-order valence-electron chi connectivity index (χ3n) is 2.58. The Labute approximate surface area is 100 Å². The van der Waals surface area contributed by atoms with Gasteiger partial charge in [0, 0.05) is 12.1 Å². The van der Waals surface area contributed by atoms with Gasteiger partial charge in [-0.05, 0) is 24.1 Å². The van der Waals surface area contributed by atoms with Crippen LogP contribution in [-0.4, -0.2) is 6.04 Å². The van der Waals surface area contributed by atoms with Crippen LogP contribution < -0.4 is 5.32 Å². The molecule has 1 aromatic carbocycles. The maximum atomic E-state index is 12.4. The fourth-order valence-corrected chi connectivity index (χ4v) is 1.76. The first kappa shape index (κ1) is 14.0. The van der Waals surface area contributed by atoms with Crippen molar-refractivity contribution in [3.63, 3.8) is 0 Å². The van der Waals surface area contributed by atoms with Gasteiger partial charge in [0.15, 0.2) is 0 Å². The van der Waals surface area contributed by atoms with Gasteiger partial charge in [-0.1, -0.05) is 32.9 Å². The highest BCUT2D eigenvalue weighted by molar-refractivity contribution is 5.26. The third-order valence-corrected chi connectivity index (χ3v) is 2.58. The maximum absolute atomic E-state index is 12.4. The molecule has 0 fully saturated rings. The molecule has 1 N–H and O–H groups in total. The second-order valence-corrected chi connectivity index (χ2v) is 4.40. The zero-order chi connectivity index (χ0) is 13.1. The Hall–Kier alpha value is -1.03. The van der Waals surface area contributed by atoms with Gasteiger partial charge in [0.05, 0.1) is 5.56 Å². The minimum Gasteiger partial charge on any atom is -0.308 e. The lowest BCUT2D eigenvalue weighted by Crippen LogP contribution is -2.27. The fraction of sp³-hybridized carbons (Fsp3) is 0.538. The van der Waals surface area contributed by atoms with Crippen LogP contribution in [0.5, 0.6) is 0 Å². The van der Waals surface area contributed by atoms with E-state index in [1.165, 1.54) is 0 Å². The molecule has 1 aromatic rings. The Morgan fingerprint density at radius 1 is 1.12 bits per heavy atom. The monoisotopic (exact) mass is 245 g/mol. The molecule has 1 rings (SSSR count). The molecule has 0 aliphatic heterocycles. The van der Waals surface area contributed by atoms with Crippen LogP contribution >= 0.6 is 0 Å². The van der Waals surface area contributed by atoms with E-state index in [0.29, 0.717) is 6.04 Å². The summed E-state index contributed by atoms with van der Waals surface area (Å²) in [7, 11) is 0. The van der Waals surface area contributed by atoms with E-state index in [0.717, 1.165) is 24.1 Å². The van der Waals surface area contributed by atoms with Gasteiger partial charge in [-0.15, -0.1) is 0 Å². The minimum atomic E-state index is -4.26. The summed E-state index contributed by atoms with van der Waals surface area (Å²) in [5.41, 5.74) is 0.301. The van der Waals surface area contributed by atoms with E-state index in [4.69, 9.17) is 0 Å². The van der Waals surface area contributed by atoms with Crippen LogP contribution in [0.2, 0.25) is 0 Å². The van der Waals surface area contributed by atoms with Crippen molar-refractivity contribution in [1.82, 2.24) is 5.32 Å². The molecule has 0 saturated heterocycles. The lowest BCUT2D eigenvalue weighted by atomic mass is 10.0. The molecule has 0 radical (unpaired) electrons. The molecular weight excluding hydrogens is 227 g/mol. The van der Waals surface area contributed by atoms with Crippen LogP contribution in [0.1, 0.15) is 44.4 Å². The van der Waals surface area contributed by atoms with E-state index in [-0.39, 0.29) is 6.04 Å². The molecule has 0 heterocycles. The average Bonchev–Trinajstić information content (AvgIpc) is 2.24. The topological polar surface area (TPSA) is 12.0 Å². The predicted octanol–water partition coefficient (Wildman–Crippen LogP) is 4.15. The Morgan fingerprint density at radius 2 is 1.65 bits per heavy atom. The molecule has 4 heteroatoms. The lowest BCUT2D eigenvalue weighted by molar-refractivity contribution is -0.137. The number of hydrogen-bond donors (Lipinski definition) is 1. The van der Waals surface area contributed by atoms with Gasteiger partial charge >= 0.3 is 6.18 Å². The molecule has 0 aliphatic carbocycles. The third kappa shape index (κ3) is 4.04. The van der Waals surface area contributed by atoms with Gasteiger partial charge < -0.3 is 5.32 Å². The number of alkyl halides is 3. The van der Waals surface area contributed by atoms with Crippen LogP contribution in [0.4, 0.5) is 13.2 Å².